The minimum absolute atomic E-state index is 0.258. The van der Waals surface area contributed by atoms with Gasteiger partial charge in [0.15, 0.2) is 0 Å². The van der Waals surface area contributed by atoms with E-state index in [4.69, 9.17) is 0 Å². The molecule has 2 amide bonds. The molecule has 0 saturated carbocycles. The average Bonchev–Trinajstić information content (AvgIpc) is 3.19. The van der Waals surface area contributed by atoms with Gasteiger partial charge in [0, 0.05) is 18.1 Å². The molecule has 6 nitrogen and oxygen atoms in total. The number of benzene rings is 1. The Morgan fingerprint density at radius 3 is 2.42 bits per heavy atom. The second kappa shape index (κ2) is 8.26. The van der Waals surface area contributed by atoms with Crippen molar-refractivity contribution in [1.29, 1.82) is 0 Å². The zero-order valence-electron chi connectivity index (χ0n) is 14.1. The van der Waals surface area contributed by atoms with Gasteiger partial charge in [0.2, 0.25) is 5.91 Å². The third-order valence-corrected chi connectivity index (χ3v) is 4.50. The standard InChI is InChI=1S/C19H18N4O2S/c1-13(21-19(25)17-7-4-12-26-17)18(24)23-16-6-3-2-5-15(16)22-14-8-10-20-11-9-14/h2-13H,1H3,(H,20,22)(H,21,25)(H,23,24). The molecule has 0 radical (unpaired) electrons. The van der Waals surface area contributed by atoms with E-state index >= 15 is 0 Å². The number of thiophene rings is 1. The van der Waals surface area contributed by atoms with Gasteiger partial charge in [-0.1, -0.05) is 18.2 Å². The smallest absolute Gasteiger partial charge is 0.261 e. The Morgan fingerprint density at radius 2 is 1.73 bits per heavy atom. The van der Waals surface area contributed by atoms with Gasteiger partial charge in [-0.2, -0.15) is 0 Å². The molecular formula is C19H18N4O2S. The van der Waals surface area contributed by atoms with Gasteiger partial charge in [-0.05, 0) is 42.6 Å². The van der Waals surface area contributed by atoms with Gasteiger partial charge in [-0.3, -0.25) is 14.6 Å². The Labute approximate surface area is 155 Å². The van der Waals surface area contributed by atoms with Crippen molar-refractivity contribution in [3.05, 3.63) is 71.2 Å². The fourth-order valence-electron chi connectivity index (χ4n) is 2.27. The highest BCUT2D eigenvalue weighted by molar-refractivity contribution is 7.12. The maximum Gasteiger partial charge on any atom is 0.261 e. The Balaban J connectivity index is 1.66. The summed E-state index contributed by atoms with van der Waals surface area (Å²) in [6, 6.07) is 13.9. The summed E-state index contributed by atoms with van der Waals surface area (Å²) in [5, 5.41) is 10.6. The number of amides is 2. The molecule has 0 aliphatic heterocycles. The van der Waals surface area contributed by atoms with Gasteiger partial charge in [0.1, 0.15) is 6.04 Å². The number of nitrogens with one attached hydrogen (secondary N) is 3. The third-order valence-electron chi connectivity index (χ3n) is 3.63. The van der Waals surface area contributed by atoms with Crippen LogP contribution in [0, 0.1) is 0 Å². The van der Waals surface area contributed by atoms with Crippen LogP contribution in [0.2, 0.25) is 0 Å². The van der Waals surface area contributed by atoms with Crippen LogP contribution >= 0.6 is 11.3 Å². The van der Waals surface area contributed by atoms with Gasteiger partial charge in [-0.15, -0.1) is 11.3 Å². The van der Waals surface area contributed by atoms with Crippen molar-refractivity contribution in [1.82, 2.24) is 10.3 Å². The second-order valence-electron chi connectivity index (χ2n) is 5.57. The van der Waals surface area contributed by atoms with Gasteiger partial charge < -0.3 is 16.0 Å². The topological polar surface area (TPSA) is 83.1 Å². The largest absolute Gasteiger partial charge is 0.354 e. The SMILES string of the molecule is CC(NC(=O)c1cccs1)C(=O)Nc1ccccc1Nc1ccncc1. The molecule has 26 heavy (non-hydrogen) atoms. The predicted molar refractivity (Wildman–Crippen MR) is 104 cm³/mol. The van der Waals surface area contributed by atoms with E-state index in [1.807, 2.05) is 35.7 Å². The van der Waals surface area contributed by atoms with Crippen molar-refractivity contribution in [3.8, 4) is 0 Å². The highest BCUT2D eigenvalue weighted by Crippen LogP contribution is 2.25. The van der Waals surface area contributed by atoms with Gasteiger partial charge in [0.05, 0.1) is 16.3 Å². The Morgan fingerprint density at radius 1 is 1.00 bits per heavy atom. The van der Waals surface area contributed by atoms with Crippen LogP contribution in [0.25, 0.3) is 0 Å². The molecule has 0 aliphatic carbocycles. The summed E-state index contributed by atoms with van der Waals surface area (Å²) in [6.45, 7) is 1.65. The number of rotatable bonds is 6. The fraction of sp³-hybridized carbons (Fsp3) is 0.105. The van der Waals surface area contributed by atoms with Crippen molar-refractivity contribution in [2.24, 2.45) is 0 Å². The van der Waals surface area contributed by atoms with Crippen molar-refractivity contribution in [2.45, 2.75) is 13.0 Å². The Bertz CT molecular complexity index is 882. The summed E-state index contributed by atoms with van der Waals surface area (Å²) in [5.41, 5.74) is 2.25. The summed E-state index contributed by atoms with van der Waals surface area (Å²) in [4.78, 5) is 29.1. The maximum atomic E-state index is 12.5. The zero-order valence-corrected chi connectivity index (χ0v) is 14.9. The summed E-state index contributed by atoms with van der Waals surface area (Å²) in [5.74, 6) is -0.551. The van der Waals surface area contributed by atoms with E-state index in [0.717, 1.165) is 11.4 Å². The molecule has 1 unspecified atom stereocenters. The van der Waals surface area contributed by atoms with Crippen LogP contribution in [-0.2, 0) is 4.79 Å². The van der Waals surface area contributed by atoms with Gasteiger partial charge >= 0.3 is 0 Å². The fourth-order valence-corrected chi connectivity index (χ4v) is 2.90. The highest BCUT2D eigenvalue weighted by Gasteiger charge is 2.18. The van der Waals surface area contributed by atoms with E-state index in [0.29, 0.717) is 10.6 Å². The number of pyridine rings is 1. The second-order valence-corrected chi connectivity index (χ2v) is 6.52. The van der Waals surface area contributed by atoms with Crippen LogP contribution in [0.4, 0.5) is 17.1 Å². The van der Waals surface area contributed by atoms with Crippen molar-refractivity contribution >= 4 is 40.2 Å². The van der Waals surface area contributed by atoms with Gasteiger partial charge in [0.25, 0.3) is 5.91 Å². The lowest BCUT2D eigenvalue weighted by Crippen LogP contribution is -2.41. The van der Waals surface area contributed by atoms with Crippen LogP contribution in [-0.4, -0.2) is 22.8 Å². The molecule has 132 valence electrons. The average molecular weight is 366 g/mol. The number of anilines is 3. The highest BCUT2D eigenvalue weighted by atomic mass is 32.1. The number of hydrogen-bond donors (Lipinski definition) is 3. The van der Waals surface area contributed by atoms with Gasteiger partial charge in [-0.25, -0.2) is 0 Å². The van der Waals surface area contributed by atoms with E-state index in [-0.39, 0.29) is 11.8 Å². The molecule has 1 atom stereocenters. The van der Waals surface area contributed by atoms with E-state index in [2.05, 4.69) is 20.9 Å². The van der Waals surface area contributed by atoms with E-state index in [1.165, 1.54) is 11.3 Å². The first-order valence-corrected chi connectivity index (χ1v) is 8.93. The summed E-state index contributed by atoms with van der Waals surface area (Å²) in [6.07, 6.45) is 3.37. The molecule has 3 rings (SSSR count). The molecule has 0 saturated heterocycles. The Kier molecular flexibility index (Phi) is 5.60. The molecule has 7 heteroatoms. The van der Waals surface area contributed by atoms with E-state index in [1.54, 1.807) is 37.5 Å². The number of hydrogen-bond acceptors (Lipinski definition) is 5. The Hall–Kier alpha value is -3.19. The molecule has 3 N–H and O–H groups in total. The normalized spacial score (nSPS) is 11.4. The molecular weight excluding hydrogens is 348 g/mol. The number of para-hydroxylation sites is 2. The lowest BCUT2D eigenvalue weighted by Gasteiger charge is -2.16. The first-order valence-electron chi connectivity index (χ1n) is 8.05. The van der Waals surface area contributed by atoms with Crippen molar-refractivity contribution in [2.75, 3.05) is 10.6 Å². The predicted octanol–water partition coefficient (Wildman–Crippen LogP) is 3.64. The van der Waals surface area contributed by atoms with Crippen molar-refractivity contribution < 1.29 is 9.59 Å². The third kappa shape index (κ3) is 4.46. The lowest BCUT2D eigenvalue weighted by atomic mass is 10.2. The van der Waals surface area contributed by atoms with E-state index < -0.39 is 6.04 Å². The van der Waals surface area contributed by atoms with E-state index in [9.17, 15) is 9.59 Å². The molecule has 0 bridgehead atoms. The summed E-state index contributed by atoms with van der Waals surface area (Å²) in [7, 11) is 0. The van der Waals surface area contributed by atoms with Crippen LogP contribution < -0.4 is 16.0 Å². The number of aromatic nitrogens is 1. The summed E-state index contributed by atoms with van der Waals surface area (Å²) >= 11 is 1.33. The number of nitrogens with zero attached hydrogens (tertiary/aromatic N) is 1. The molecule has 2 aromatic heterocycles. The maximum absolute atomic E-state index is 12.5. The monoisotopic (exact) mass is 366 g/mol. The molecule has 0 spiro atoms. The summed E-state index contributed by atoms with van der Waals surface area (Å²) < 4.78 is 0. The molecule has 0 aliphatic rings. The molecule has 0 fully saturated rings. The first kappa shape index (κ1) is 17.6. The quantitative estimate of drug-likeness (QED) is 0.622. The molecule has 3 aromatic rings. The molecule has 2 heterocycles. The minimum atomic E-state index is -0.668. The van der Waals surface area contributed by atoms with Crippen LogP contribution in [0.1, 0.15) is 16.6 Å². The number of carbonyl (C=O) groups is 2. The van der Waals surface area contributed by atoms with Crippen LogP contribution in [0.15, 0.2) is 66.3 Å². The minimum Gasteiger partial charge on any atom is -0.354 e. The zero-order chi connectivity index (χ0) is 18.4. The van der Waals surface area contributed by atoms with Crippen molar-refractivity contribution in [3.63, 3.8) is 0 Å². The van der Waals surface area contributed by atoms with Crippen LogP contribution in [0.5, 0.6) is 0 Å². The molecule has 1 aromatic carbocycles. The number of carbonyl (C=O) groups excluding carboxylic acids is 2. The first-order chi connectivity index (χ1) is 12.6. The van der Waals surface area contributed by atoms with Crippen LogP contribution in [0.3, 0.4) is 0 Å². The lowest BCUT2D eigenvalue weighted by molar-refractivity contribution is -0.117.